The Kier molecular flexibility index (Phi) is 2.34. The smallest absolute Gasteiger partial charge is 0.417 e. The Balaban J connectivity index is 2.93. The van der Waals surface area contributed by atoms with E-state index in [0.717, 1.165) is 0 Å². The first-order chi connectivity index (χ1) is 7.79. The second-order valence-corrected chi connectivity index (χ2v) is 3.28. The number of rotatable bonds is 0. The number of hydrogen-bond donors (Lipinski definition) is 1. The van der Waals surface area contributed by atoms with Crippen LogP contribution in [0.3, 0.4) is 0 Å². The second kappa shape index (κ2) is 3.47. The first-order valence-corrected chi connectivity index (χ1v) is 4.32. The Bertz CT molecular complexity index is 642. The van der Waals surface area contributed by atoms with Gasteiger partial charge in [-0.3, -0.25) is 0 Å². The van der Waals surface area contributed by atoms with Gasteiger partial charge in [-0.15, -0.1) is 0 Å². The number of benzene rings is 1. The van der Waals surface area contributed by atoms with E-state index in [1.807, 2.05) is 0 Å². The largest absolute Gasteiger partial charge is 0.505 e. The second-order valence-electron chi connectivity index (χ2n) is 3.28. The Morgan fingerprint density at radius 2 is 1.82 bits per heavy atom. The summed E-state index contributed by atoms with van der Waals surface area (Å²) in [7, 11) is 0. The summed E-state index contributed by atoms with van der Waals surface area (Å²) in [6.45, 7) is 0. The van der Waals surface area contributed by atoms with Crippen molar-refractivity contribution in [1.29, 1.82) is 0 Å². The van der Waals surface area contributed by atoms with Crippen molar-refractivity contribution in [3.63, 3.8) is 0 Å². The van der Waals surface area contributed by atoms with E-state index in [0.29, 0.717) is 12.1 Å². The van der Waals surface area contributed by atoms with E-state index in [4.69, 9.17) is 5.11 Å². The molecule has 90 valence electrons. The van der Waals surface area contributed by atoms with Crippen LogP contribution in [0.5, 0.6) is 5.75 Å². The van der Waals surface area contributed by atoms with Gasteiger partial charge >= 0.3 is 11.8 Å². The highest BCUT2D eigenvalue weighted by atomic mass is 19.4. The van der Waals surface area contributed by atoms with Gasteiger partial charge in [0.25, 0.3) is 0 Å². The molecule has 3 nitrogen and oxygen atoms in total. The van der Waals surface area contributed by atoms with Crippen LogP contribution >= 0.6 is 0 Å². The van der Waals surface area contributed by atoms with Crippen molar-refractivity contribution in [3.8, 4) is 5.75 Å². The molecule has 2 rings (SSSR count). The van der Waals surface area contributed by atoms with Gasteiger partial charge in [0.2, 0.25) is 0 Å². The van der Waals surface area contributed by atoms with Crippen LogP contribution < -0.4 is 5.63 Å². The van der Waals surface area contributed by atoms with Crippen molar-refractivity contribution < 1.29 is 27.1 Å². The van der Waals surface area contributed by atoms with Gasteiger partial charge in [0.1, 0.15) is 5.58 Å². The molecule has 0 saturated heterocycles. The summed E-state index contributed by atoms with van der Waals surface area (Å²) in [6, 6.07) is 1.33. The number of phenolic OH excluding ortho intramolecular Hbond substituents is 1. The molecule has 0 bridgehead atoms. The normalized spacial score (nSPS) is 12.0. The third-order valence-corrected chi connectivity index (χ3v) is 2.12. The third-order valence-electron chi connectivity index (χ3n) is 2.12. The molecule has 0 atom stereocenters. The lowest BCUT2D eigenvalue weighted by Crippen LogP contribution is -2.11. The Morgan fingerprint density at radius 1 is 1.18 bits per heavy atom. The molecule has 0 aliphatic carbocycles. The lowest BCUT2D eigenvalue weighted by Gasteiger charge is -2.09. The molecular weight excluding hydrogens is 244 g/mol. The van der Waals surface area contributed by atoms with Crippen LogP contribution in [0.25, 0.3) is 11.0 Å². The third kappa shape index (κ3) is 1.95. The lowest BCUT2D eigenvalue weighted by atomic mass is 10.1. The molecule has 7 heteroatoms. The predicted octanol–water partition coefficient (Wildman–Crippen LogP) is 2.66. The van der Waals surface area contributed by atoms with Gasteiger partial charge in [0.15, 0.2) is 11.6 Å². The van der Waals surface area contributed by atoms with E-state index in [1.54, 1.807) is 0 Å². The first-order valence-electron chi connectivity index (χ1n) is 4.32. The number of hydrogen-bond acceptors (Lipinski definition) is 3. The fraction of sp³-hybridized carbons (Fsp3) is 0.100. The van der Waals surface area contributed by atoms with Gasteiger partial charge in [0, 0.05) is 17.5 Å². The number of halogens is 4. The molecule has 0 amide bonds. The quantitative estimate of drug-likeness (QED) is 0.576. The van der Waals surface area contributed by atoms with Crippen molar-refractivity contribution in [1.82, 2.24) is 0 Å². The van der Waals surface area contributed by atoms with Gasteiger partial charge in [-0.1, -0.05) is 0 Å². The van der Waals surface area contributed by atoms with E-state index < -0.39 is 39.9 Å². The highest BCUT2D eigenvalue weighted by Crippen LogP contribution is 2.35. The fourth-order valence-corrected chi connectivity index (χ4v) is 1.41. The maximum absolute atomic E-state index is 13.0. The summed E-state index contributed by atoms with van der Waals surface area (Å²) in [5.41, 5.74) is -3.05. The van der Waals surface area contributed by atoms with Gasteiger partial charge in [-0.2, -0.15) is 13.2 Å². The minimum Gasteiger partial charge on any atom is -0.505 e. The van der Waals surface area contributed by atoms with Gasteiger partial charge in [-0.05, 0) is 6.07 Å². The molecule has 2 aromatic rings. The van der Waals surface area contributed by atoms with E-state index in [1.165, 1.54) is 0 Å². The van der Waals surface area contributed by atoms with Gasteiger partial charge in [-0.25, -0.2) is 9.18 Å². The van der Waals surface area contributed by atoms with Crippen molar-refractivity contribution in [2.24, 2.45) is 0 Å². The standard InChI is InChI=1S/C10H4F4O3/c11-6-1-4-5(10(12,13)14)2-9(16)17-8(4)3-7(6)15/h1-3,15H. The summed E-state index contributed by atoms with van der Waals surface area (Å²) in [5, 5.41) is 8.37. The van der Waals surface area contributed by atoms with Crippen LogP contribution in [-0.4, -0.2) is 5.11 Å². The zero-order valence-electron chi connectivity index (χ0n) is 8.01. The van der Waals surface area contributed by atoms with Gasteiger partial charge < -0.3 is 9.52 Å². The SMILES string of the molecule is O=c1cc(C(F)(F)F)c2cc(F)c(O)cc2o1. The number of fused-ring (bicyclic) bond motifs is 1. The molecule has 1 aromatic carbocycles. The predicted molar refractivity (Wildman–Crippen MR) is 49.1 cm³/mol. The molecule has 17 heavy (non-hydrogen) atoms. The molecule has 0 aliphatic heterocycles. The lowest BCUT2D eigenvalue weighted by molar-refractivity contribution is -0.136. The van der Waals surface area contributed by atoms with E-state index in [9.17, 15) is 22.4 Å². The Morgan fingerprint density at radius 3 is 2.41 bits per heavy atom. The average Bonchev–Trinajstić information content (AvgIpc) is 2.18. The van der Waals surface area contributed by atoms with Gasteiger partial charge in [0.05, 0.1) is 5.56 Å². The van der Waals surface area contributed by atoms with Crippen LogP contribution in [0.1, 0.15) is 5.56 Å². The highest BCUT2D eigenvalue weighted by molar-refractivity contribution is 5.82. The summed E-state index contributed by atoms with van der Waals surface area (Å²) >= 11 is 0. The van der Waals surface area contributed by atoms with Crippen molar-refractivity contribution in [3.05, 3.63) is 40.0 Å². The molecule has 0 saturated carbocycles. The summed E-state index contributed by atoms with van der Waals surface area (Å²) in [4.78, 5) is 10.9. The summed E-state index contributed by atoms with van der Waals surface area (Å²) in [6.07, 6.45) is -4.81. The first kappa shape index (κ1) is 11.4. The minimum absolute atomic E-state index is 0.235. The molecule has 0 aliphatic rings. The molecular formula is C10H4F4O3. The van der Waals surface area contributed by atoms with E-state index in [2.05, 4.69) is 4.42 Å². The number of phenols is 1. The number of alkyl halides is 3. The fourth-order valence-electron chi connectivity index (χ4n) is 1.41. The minimum atomic E-state index is -4.81. The van der Waals surface area contributed by atoms with Crippen LogP contribution in [0, 0.1) is 5.82 Å². The monoisotopic (exact) mass is 248 g/mol. The zero-order valence-corrected chi connectivity index (χ0v) is 8.01. The van der Waals surface area contributed by atoms with E-state index in [-0.39, 0.29) is 6.07 Å². The molecule has 0 spiro atoms. The van der Waals surface area contributed by atoms with Crippen LogP contribution in [0.4, 0.5) is 17.6 Å². The summed E-state index contributed by atoms with van der Waals surface area (Å²) < 4.78 is 55.1. The topological polar surface area (TPSA) is 50.4 Å². The Hall–Kier alpha value is -2.05. The highest BCUT2D eigenvalue weighted by Gasteiger charge is 2.34. The maximum atomic E-state index is 13.0. The maximum Gasteiger partial charge on any atom is 0.417 e. The van der Waals surface area contributed by atoms with Crippen molar-refractivity contribution >= 4 is 11.0 Å². The molecule has 0 fully saturated rings. The average molecular weight is 248 g/mol. The van der Waals surface area contributed by atoms with Crippen LogP contribution in [0.2, 0.25) is 0 Å². The van der Waals surface area contributed by atoms with Crippen LogP contribution in [-0.2, 0) is 6.18 Å². The zero-order chi connectivity index (χ0) is 12.8. The molecule has 1 N–H and O–H groups in total. The molecule has 0 unspecified atom stereocenters. The molecule has 1 heterocycles. The number of aromatic hydroxyl groups is 1. The van der Waals surface area contributed by atoms with Crippen molar-refractivity contribution in [2.75, 3.05) is 0 Å². The summed E-state index contributed by atoms with van der Waals surface area (Å²) in [5.74, 6) is -2.11. The molecule has 1 aromatic heterocycles. The molecule has 0 radical (unpaired) electrons. The van der Waals surface area contributed by atoms with Crippen LogP contribution in [0.15, 0.2) is 27.4 Å². The van der Waals surface area contributed by atoms with E-state index >= 15 is 0 Å². The Labute approximate surface area is 90.9 Å². The van der Waals surface area contributed by atoms with Crippen molar-refractivity contribution in [2.45, 2.75) is 6.18 Å².